The zero-order chi connectivity index (χ0) is 19.7. The molecule has 0 saturated heterocycles. The standard InChI is InChI=1S/C22H23N3O3/c1-3-4-13-25-18(12-11-15-10-9-14(2)28-15)23-20-19(24-27)16-7-5-6-8-17(16)22(26)21(20)25/h5-10,27H,3-4,11-13H2,1-2H3. The number of aryl methyl sites for hydroxylation is 3. The van der Waals surface area contributed by atoms with Crippen LogP contribution in [0.3, 0.4) is 0 Å². The fourth-order valence-electron chi connectivity index (χ4n) is 3.74. The first kappa shape index (κ1) is 18.2. The van der Waals surface area contributed by atoms with Crippen LogP contribution in [0.4, 0.5) is 0 Å². The quantitative estimate of drug-likeness (QED) is 0.404. The van der Waals surface area contributed by atoms with Crippen LogP contribution < -0.4 is 0 Å². The average Bonchev–Trinajstić information content (AvgIpc) is 3.28. The van der Waals surface area contributed by atoms with Crippen LogP contribution in [0.2, 0.25) is 0 Å². The van der Waals surface area contributed by atoms with Crippen LogP contribution in [-0.4, -0.2) is 26.3 Å². The number of benzene rings is 1. The van der Waals surface area contributed by atoms with Gasteiger partial charge >= 0.3 is 0 Å². The molecule has 0 radical (unpaired) electrons. The number of hydrogen-bond acceptors (Lipinski definition) is 5. The average molecular weight is 377 g/mol. The highest BCUT2D eigenvalue weighted by Crippen LogP contribution is 2.29. The van der Waals surface area contributed by atoms with Crippen LogP contribution >= 0.6 is 0 Å². The van der Waals surface area contributed by atoms with Crippen LogP contribution in [0.5, 0.6) is 0 Å². The monoisotopic (exact) mass is 377 g/mol. The molecule has 1 aromatic carbocycles. The fourth-order valence-corrected chi connectivity index (χ4v) is 3.74. The maximum atomic E-state index is 13.2. The molecule has 2 aromatic heterocycles. The second-order valence-electron chi connectivity index (χ2n) is 7.07. The third-order valence-corrected chi connectivity index (χ3v) is 5.14. The van der Waals surface area contributed by atoms with Gasteiger partial charge in [-0.05, 0) is 25.5 Å². The lowest BCUT2D eigenvalue weighted by molar-refractivity contribution is 0.102. The van der Waals surface area contributed by atoms with Gasteiger partial charge in [0.15, 0.2) is 0 Å². The summed E-state index contributed by atoms with van der Waals surface area (Å²) >= 11 is 0. The number of fused-ring (bicyclic) bond motifs is 2. The number of rotatable bonds is 6. The molecule has 0 saturated carbocycles. The van der Waals surface area contributed by atoms with E-state index in [1.807, 2.05) is 35.8 Å². The highest BCUT2D eigenvalue weighted by molar-refractivity contribution is 6.28. The van der Waals surface area contributed by atoms with E-state index in [0.717, 1.165) is 30.2 Å². The summed E-state index contributed by atoms with van der Waals surface area (Å²) in [6.07, 6.45) is 3.29. The molecular formula is C22H23N3O3. The maximum absolute atomic E-state index is 13.2. The van der Waals surface area contributed by atoms with Gasteiger partial charge in [-0.15, -0.1) is 0 Å². The minimum Gasteiger partial charge on any atom is -0.466 e. The SMILES string of the molecule is CCCCn1c(CCc2ccc(C)o2)nc2c1C(=O)c1ccccc1C2=NO. The van der Waals surface area contributed by atoms with Crippen molar-refractivity contribution in [2.75, 3.05) is 0 Å². The van der Waals surface area contributed by atoms with Gasteiger partial charge in [0.2, 0.25) is 5.78 Å². The smallest absolute Gasteiger partial charge is 0.212 e. The molecule has 4 rings (SSSR count). The van der Waals surface area contributed by atoms with Gasteiger partial charge in [-0.3, -0.25) is 4.79 Å². The van der Waals surface area contributed by atoms with Crippen LogP contribution in [0.25, 0.3) is 0 Å². The zero-order valence-corrected chi connectivity index (χ0v) is 16.1. The molecule has 0 unspecified atom stereocenters. The molecule has 144 valence electrons. The molecule has 3 aromatic rings. The minimum atomic E-state index is -0.0679. The molecule has 2 heterocycles. The Hall–Kier alpha value is -3.15. The van der Waals surface area contributed by atoms with Gasteiger partial charge in [0.1, 0.15) is 34.4 Å². The van der Waals surface area contributed by atoms with E-state index in [0.29, 0.717) is 47.6 Å². The van der Waals surface area contributed by atoms with Gasteiger partial charge in [0.05, 0.1) is 0 Å². The molecule has 0 atom stereocenters. The number of oxime groups is 1. The molecule has 6 heteroatoms. The first-order valence-electron chi connectivity index (χ1n) is 9.65. The number of imidazole rings is 1. The molecular weight excluding hydrogens is 354 g/mol. The summed E-state index contributed by atoms with van der Waals surface area (Å²) < 4.78 is 7.67. The van der Waals surface area contributed by atoms with Gasteiger partial charge in [-0.25, -0.2) is 4.98 Å². The Balaban J connectivity index is 1.78. The number of furan rings is 1. The highest BCUT2D eigenvalue weighted by atomic mass is 16.4. The molecule has 0 aliphatic heterocycles. The van der Waals surface area contributed by atoms with Crippen molar-refractivity contribution in [1.29, 1.82) is 0 Å². The predicted octanol–water partition coefficient (Wildman–Crippen LogP) is 4.14. The molecule has 0 bridgehead atoms. The summed E-state index contributed by atoms with van der Waals surface area (Å²) in [5, 5.41) is 13.2. The van der Waals surface area contributed by atoms with Crippen molar-refractivity contribution in [2.24, 2.45) is 5.16 Å². The number of hydrogen-bond donors (Lipinski definition) is 1. The number of unbranched alkanes of at least 4 members (excludes halogenated alkanes) is 1. The minimum absolute atomic E-state index is 0.0679. The van der Waals surface area contributed by atoms with E-state index < -0.39 is 0 Å². The summed E-state index contributed by atoms with van der Waals surface area (Å²) in [6, 6.07) is 11.1. The Morgan fingerprint density at radius 2 is 1.93 bits per heavy atom. The number of carbonyl (C=O) groups is 1. The lowest BCUT2D eigenvalue weighted by Crippen LogP contribution is -2.24. The van der Waals surface area contributed by atoms with Crippen LogP contribution in [0.1, 0.15) is 64.4 Å². The van der Waals surface area contributed by atoms with E-state index in [2.05, 4.69) is 12.1 Å². The summed E-state index contributed by atoms with van der Waals surface area (Å²) in [4.78, 5) is 18.0. The van der Waals surface area contributed by atoms with E-state index in [1.54, 1.807) is 12.1 Å². The van der Waals surface area contributed by atoms with Crippen LogP contribution in [-0.2, 0) is 19.4 Å². The molecule has 0 spiro atoms. The van der Waals surface area contributed by atoms with Gasteiger partial charge in [-0.2, -0.15) is 0 Å². The Labute approximate surface area is 163 Å². The lowest BCUT2D eigenvalue weighted by Gasteiger charge is -2.17. The van der Waals surface area contributed by atoms with Gasteiger partial charge in [-0.1, -0.05) is 42.8 Å². The summed E-state index contributed by atoms with van der Waals surface area (Å²) in [5.41, 5.74) is 2.51. The van der Waals surface area contributed by atoms with Crippen molar-refractivity contribution >= 4 is 11.5 Å². The normalized spacial score (nSPS) is 14.4. The van der Waals surface area contributed by atoms with E-state index in [4.69, 9.17) is 9.40 Å². The second kappa shape index (κ2) is 7.46. The van der Waals surface area contributed by atoms with Gasteiger partial charge in [0, 0.05) is 30.5 Å². The number of aromatic nitrogens is 2. The second-order valence-corrected chi connectivity index (χ2v) is 7.07. The maximum Gasteiger partial charge on any atom is 0.212 e. The van der Waals surface area contributed by atoms with E-state index in [9.17, 15) is 10.0 Å². The van der Waals surface area contributed by atoms with Crippen LogP contribution in [0, 0.1) is 6.92 Å². The number of ketones is 1. The van der Waals surface area contributed by atoms with Crippen molar-refractivity contribution in [1.82, 2.24) is 9.55 Å². The highest BCUT2D eigenvalue weighted by Gasteiger charge is 2.34. The lowest BCUT2D eigenvalue weighted by atomic mass is 9.89. The largest absolute Gasteiger partial charge is 0.466 e. The molecule has 1 aliphatic carbocycles. The summed E-state index contributed by atoms with van der Waals surface area (Å²) in [6.45, 7) is 4.74. The molecule has 0 amide bonds. The van der Waals surface area contributed by atoms with Crippen molar-refractivity contribution in [2.45, 2.75) is 46.1 Å². The van der Waals surface area contributed by atoms with Gasteiger partial charge in [0.25, 0.3) is 0 Å². The number of nitrogens with zero attached hydrogens (tertiary/aromatic N) is 3. The van der Waals surface area contributed by atoms with Crippen molar-refractivity contribution in [3.63, 3.8) is 0 Å². The van der Waals surface area contributed by atoms with E-state index in [1.165, 1.54) is 0 Å². The Morgan fingerprint density at radius 1 is 1.14 bits per heavy atom. The van der Waals surface area contributed by atoms with Gasteiger partial charge < -0.3 is 14.2 Å². The Kier molecular flexibility index (Phi) is 4.86. The topological polar surface area (TPSA) is 80.6 Å². The van der Waals surface area contributed by atoms with Crippen molar-refractivity contribution < 1.29 is 14.4 Å². The third kappa shape index (κ3) is 3.05. The van der Waals surface area contributed by atoms with E-state index >= 15 is 0 Å². The first-order chi connectivity index (χ1) is 13.6. The molecule has 1 aliphatic rings. The molecule has 1 N–H and O–H groups in total. The Morgan fingerprint density at radius 3 is 2.61 bits per heavy atom. The predicted molar refractivity (Wildman–Crippen MR) is 105 cm³/mol. The first-order valence-corrected chi connectivity index (χ1v) is 9.65. The van der Waals surface area contributed by atoms with Crippen LogP contribution in [0.15, 0.2) is 46.0 Å². The van der Waals surface area contributed by atoms with Crippen molar-refractivity contribution in [3.8, 4) is 0 Å². The Bertz CT molecular complexity index is 1060. The zero-order valence-electron chi connectivity index (χ0n) is 16.1. The molecule has 0 fully saturated rings. The summed E-state index contributed by atoms with van der Waals surface area (Å²) in [7, 11) is 0. The third-order valence-electron chi connectivity index (χ3n) is 5.14. The summed E-state index contributed by atoms with van der Waals surface area (Å²) in [5.74, 6) is 2.52. The molecule has 6 nitrogen and oxygen atoms in total. The number of carbonyl (C=O) groups excluding carboxylic acids is 1. The fraction of sp³-hybridized carbons (Fsp3) is 0.318. The van der Waals surface area contributed by atoms with E-state index in [-0.39, 0.29) is 5.78 Å². The molecule has 28 heavy (non-hydrogen) atoms. The van der Waals surface area contributed by atoms with Crippen molar-refractivity contribution in [3.05, 3.63) is 76.3 Å².